The number of fused-ring (bicyclic) bond motifs is 1. The number of methoxy groups -OCH3 is 1. The maximum Gasteiger partial charge on any atom is 0.239 e. The Kier molecular flexibility index (Phi) is 4.52. The molecule has 8 heteroatoms. The number of nitrogens with zero attached hydrogens (tertiary/aromatic N) is 4. The normalized spacial score (nSPS) is 11.0. The van der Waals surface area contributed by atoms with Gasteiger partial charge in [-0.2, -0.15) is 14.4 Å². The summed E-state index contributed by atoms with van der Waals surface area (Å²) in [5.74, 6) is 0.782. The first kappa shape index (κ1) is 17.7. The molecular weight excluding hydrogens is 359 g/mol. The topological polar surface area (TPSA) is 90.9 Å². The number of aryl methyl sites for hydroxylation is 1. The van der Waals surface area contributed by atoms with Gasteiger partial charge in [0.15, 0.2) is 11.6 Å². The van der Waals surface area contributed by atoms with Crippen LogP contribution in [0.4, 0.5) is 21.7 Å². The Balaban J connectivity index is 1.81. The summed E-state index contributed by atoms with van der Waals surface area (Å²) in [5.41, 5.74) is 8.14. The van der Waals surface area contributed by atoms with E-state index in [1.165, 1.54) is 0 Å². The van der Waals surface area contributed by atoms with Gasteiger partial charge in [-0.3, -0.25) is 4.57 Å². The van der Waals surface area contributed by atoms with E-state index in [9.17, 15) is 4.39 Å². The van der Waals surface area contributed by atoms with Gasteiger partial charge in [0, 0.05) is 12.1 Å². The number of imidazole rings is 1. The van der Waals surface area contributed by atoms with Gasteiger partial charge in [-0.1, -0.05) is 19.1 Å². The van der Waals surface area contributed by atoms with Crippen LogP contribution in [0.25, 0.3) is 17.0 Å². The van der Waals surface area contributed by atoms with Gasteiger partial charge in [-0.25, -0.2) is 4.98 Å². The highest BCUT2D eigenvalue weighted by Gasteiger charge is 2.18. The molecule has 0 atom stereocenters. The molecule has 4 aromatic rings. The Labute approximate surface area is 161 Å². The summed E-state index contributed by atoms with van der Waals surface area (Å²) in [7, 11) is 1.58. The molecule has 0 aliphatic rings. The molecule has 0 bridgehead atoms. The zero-order valence-electron chi connectivity index (χ0n) is 15.5. The lowest BCUT2D eigenvalue weighted by Gasteiger charge is -2.12. The van der Waals surface area contributed by atoms with Crippen molar-refractivity contribution in [3.05, 3.63) is 60.2 Å². The van der Waals surface area contributed by atoms with E-state index in [1.54, 1.807) is 35.9 Å². The van der Waals surface area contributed by atoms with Crippen LogP contribution in [-0.2, 0) is 6.42 Å². The molecule has 2 aromatic heterocycles. The molecule has 0 amide bonds. The van der Waals surface area contributed by atoms with Crippen molar-refractivity contribution < 1.29 is 9.13 Å². The van der Waals surface area contributed by atoms with Gasteiger partial charge < -0.3 is 15.8 Å². The van der Waals surface area contributed by atoms with Crippen LogP contribution < -0.4 is 15.8 Å². The standard InChI is InChI=1S/C20H19FN6O/c1-3-16-24-14-6-4-5-7-15(14)27(16)20-25-18(22)17(21)19(26-20)23-12-8-10-13(28-2)11-9-12/h4-11H,3H2,1-2H3,(H3,22,23,25,26). The Morgan fingerprint density at radius 1 is 1.07 bits per heavy atom. The molecule has 0 radical (unpaired) electrons. The van der Waals surface area contributed by atoms with Crippen molar-refractivity contribution in [2.75, 3.05) is 18.2 Å². The van der Waals surface area contributed by atoms with Gasteiger partial charge in [0.25, 0.3) is 0 Å². The number of halogens is 1. The number of benzene rings is 2. The zero-order chi connectivity index (χ0) is 19.7. The number of nitrogens with two attached hydrogens (primary N) is 1. The van der Waals surface area contributed by atoms with E-state index in [-0.39, 0.29) is 17.6 Å². The first-order valence-electron chi connectivity index (χ1n) is 8.81. The van der Waals surface area contributed by atoms with E-state index in [0.29, 0.717) is 17.9 Å². The van der Waals surface area contributed by atoms with Crippen LogP contribution in [0.15, 0.2) is 48.5 Å². The predicted octanol–water partition coefficient (Wildman–Crippen LogP) is 3.85. The number of nitrogens with one attached hydrogen (secondary N) is 1. The summed E-state index contributed by atoms with van der Waals surface area (Å²) < 4.78 is 21.5. The number of ether oxygens (including phenoxy) is 1. The van der Waals surface area contributed by atoms with Gasteiger partial charge in [-0.05, 0) is 36.4 Å². The van der Waals surface area contributed by atoms with E-state index in [4.69, 9.17) is 10.5 Å². The van der Waals surface area contributed by atoms with Crippen LogP contribution in [0.1, 0.15) is 12.7 Å². The van der Waals surface area contributed by atoms with E-state index in [0.717, 1.165) is 16.9 Å². The molecule has 0 aliphatic heterocycles. The average molecular weight is 378 g/mol. The molecule has 0 aliphatic carbocycles. The number of para-hydroxylation sites is 2. The molecule has 2 aromatic carbocycles. The van der Waals surface area contributed by atoms with Crippen molar-refractivity contribution in [3.8, 4) is 11.7 Å². The predicted molar refractivity (Wildman–Crippen MR) is 107 cm³/mol. The molecule has 0 saturated carbocycles. The van der Waals surface area contributed by atoms with E-state index >= 15 is 0 Å². The van der Waals surface area contributed by atoms with Gasteiger partial charge in [0.05, 0.1) is 18.1 Å². The number of aromatic nitrogens is 4. The molecule has 0 spiro atoms. The molecule has 2 heterocycles. The fraction of sp³-hybridized carbons (Fsp3) is 0.150. The number of hydrogen-bond acceptors (Lipinski definition) is 6. The highest BCUT2D eigenvalue weighted by molar-refractivity contribution is 5.77. The lowest BCUT2D eigenvalue weighted by Crippen LogP contribution is -2.11. The van der Waals surface area contributed by atoms with Crippen molar-refractivity contribution in [1.29, 1.82) is 0 Å². The SMILES string of the molecule is CCc1nc2ccccc2n1-c1nc(N)c(F)c(Nc2ccc(OC)cc2)n1. The summed E-state index contributed by atoms with van der Waals surface area (Å²) in [6, 6.07) is 14.7. The summed E-state index contributed by atoms with van der Waals surface area (Å²) in [6.45, 7) is 1.99. The van der Waals surface area contributed by atoms with Gasteiger partial charge in [-0.15, -0.1) is 0 Å². The van der Waals surface area contributed by atoms with Crippen molar-refractivity contribution in [1.82, 2.24) is 19.5 Å². The van der Waals surface area contributed by atoms with Crippen molar-refractivity contribution in [2.24, 2.45) is 0 Å². The van der Waals surface area contributed by atoms with Crippen molar-refractivity contribution >= 4 is 28.4 Å². The highest BCUT2D eigenvalue weighted by Crippen LogP contribution is 2.26. The van der Waals surface area contributed by atoms with Crippen LogP contribution in [0.2, 0.25) is 0 Å². The summed E-state index contributed by atoms with van der Waals surface area (Å²) in [6.07, 6.45) is 0.663. The fourth-order valence-electron chi connectivity index (χ4n) is 2.98. The lowest BCUT2D eigenvalue weighted by atomic mass is 10.3. The molecule has 4 rings (SSSR count). The molecule has 3 N–H and O–H groups in total. The number of hydrogen-bond donors (Lipinski definition) is 2. The molecule has 7 nitrogen and oxygen atoms in total. The third kappa shape index (κ3) is 3.09. The summed E-state index contributed by atoms with van der Waals surface area (Å²) in [4.78, 5) is 13.2. The minimum atomic E-state index is -0.706. The monoisotopic (exact) mass is 378 g/mol. The van der Waals surface area contributed by atoms with E-state index in [1.807, 2.05) is 31.2 Å². The van der Waals surface area contributed by atoms with Crippen LogP contribution in [-0.4, -0.2) is 26.6 Å². The minimum Gasteiger partial charge on any atom is -0.497 e. The van der Waals surface area contributed by atoms with E-state index in [2.05, 4.69) is 20.3 Å². The zero-order valence-corrected chi connectivity index (χ0v) is 15.5. The van der Waals surface area contributed by atoms with Gasteiger partial charge in [0.1, 0.15) is 11.6 Å². The molecule has 0 fully saturated rings. The lowest BCUT2D eigenvalue weighted by molar-refractivity contribution is 0.415. The fourth-order valence-corrected chi connectivity index (χ4v) is 2.98. The number of nitrogen functional groups attached to an aromatic ring is 1. The Bertz CT molecular complexity index is 1140. The molecule has 0 saturated heterocycles. The van der Waals surface area contributed by atoms with Crippen LogP contribution in [0.3, 0.4) is 0 Å². The Morgan fingerprint density at radius 3 is 2.54 bits per heavy atom. The Morgan fingerprint density at radius 2 is 1.82 bits per heavy atom. The van der Waals surface area contributed by atoms with Crippen LogP contribution >= 0.6 is 0 Å². The smallest absolute Gasteiger partial charge is 0.239 e. The first-order valence-corrected chi connectivity index (χ1v) is 8.81. The van der Waals surface area contributed by atoms with Crippen molar-refractivity contribution in [2.45, 2.75) is 13.3 Å². The second kappa shape index (κ2) is 7.15. The van der Waals surface area contributed by atoms with Crippen LogP contribution in [0.5, 0.6) is 5.75 Å². The molecule has 0 unspecified atom stereocenters. The summed E-state index contributed by atoms with van der Waals surface area (Å²) in [5, 5.41) is 2.96. The maximum absolute atomic E-state index is 14.6. The Hall–Kier alpha value is -3.68. The average Bonchev–Trinajstić information content (AvgIpc) is 3.10. The highest BCUT2D eigenvalue weighted by atomic mass is 19.1. The largest absolute Gasteiger partial charge is 0.497 e. The van der Waals surface area contributed by atoms with Crippen LogP contribution in [0, 0.1) is 5.82 Å². The first-order chi connectivity index (χ1) is 13.6. The molecular formula is C20H19FN6O. The second-order valence-corrected chi connectivity index (χ2v) is 6.13. The molecule has 28 heavy (non-hydrogen) atoms. The number of rotatable bonds is 5. The second-order valence-electron chi connectivity index (χ2n) is 6.13. The molecule has 142 valence electrons. The van der Waals surface area contributed by atoms with Crippen molar-refractivity contribution in [3.63, 3.8) is 0 Å². The van der Waals surface area contributed by atoms with E-state index < -0.39 is 5.82 Å². The number of anilines is 3. The quantitative estimate of drug-likeness (QED) is 0.548. The summed E-state index contributed by atoms with van der Waals surface area (Å²) >= 11 is 0. The third-order valence-electron chi connectivity index (χ3n) is 4.36. The van der Waals surface area contributed by atoms with Gasteiger partial charge >= 0.3 is 0 Å². The van der Waals surface area contributed by atoms with Gasteiger partial charge in [0.2, 0.25) is 11.8 Å². The minimum absolute atomic E-state index is 0.00694. The third-order valence-corrected chi connectivity index (χ3v) is 4.36. The maximum atomic E-state index is 14.6.